The van der Waals surface area contributed by atoms with E-state index in [2.05, 4.69) is 36.5 Å². The molecule has 0 unspecified atom stereocenters. The van der Waals surface area contributed by atoms with Crippen LogP contribution in [0.5, 0.6) is 0 Å². The van der Waals surface area contributed by atoms with Crippen LogP contribution in [0.15, 0.2) is 48.5 Å². The van der Waals surface area contributed by atoms with E-state index >= 15 is 0 Å². The molecule has 19 heavy (non-hydrogen) atoms. The standard InChI is InChI=1S/C17H19NO/c1-13-3-7-15(8-4-13)11-12-18-17(19)16-9-5-14(2)6-10-16/h3-10H,11-12H2,1-2H3,(H,18,19). The van der Waals surface area contributed by atoms with Gasteiger partial charge in [-0.25, -0.2) is 0 Å². The first-order valence-electron chi connectivity index (χ1n) is 6.55. The van der Waals surface area contributed by atoms with Crippen LogP contribution in [-0.4, -0.2) is 12.5 Å². The van der Waals surface area contributed by atoms with Crippen LogP contribution in [0, 0.1) is 13.8 Å². The van der Waals surface area contributed by atoms with E-state index in [4.69, 9.17) is 0 Å². The van der Waals surface area contributed by atoms with Gasteiger partial charge in [0.25, 0.3) is 5.91 Å². The largest absolute Gasteiger partial charge is 0.352 e. The molecule has 0 spiro atoms. The lowest BCUT2D eigenvalue weighted by atomic mass is 10.1. The minimum Gasteiger partial charge on any atom is -0.352 e. The maximum atomic E-state index is 11.9. The number of amides is 1. The van der Waals surface area contributed by atoms with Crippen LogP contribution in [0.25, 0.3) is 0 Å². The topological polar surface area (TPSA) is 29.1 Å². The Morgan fingerprint density at radius 2 is 1.42 bits per heavy atom. The zero-order valence-electron chi connectivity index (χ0n) is 11.4. The second-order valence-corrected chi connectivity index (χ2v) is 4.86. The molecule has 1 N–H and O–H groups in total. The van der Waals surface area contributed by atoms with Crippen molar-refractivity contribution in [2.75, 3.05) is 6.54 Å². The molecule has 0 atom stereocenters. The molecule has 2 aromatic carbocycles. The first-order valence-corrected chi connectivity index (χ1v) is 6.55. The molecule has 2 heteroatoms. The van der Waals surface area contributed by atoms with Crippen LogP contribution in [0.4, 0.5) is 0 Å². The van der Waals surface area contributed by atoms with E-state index in [-0.39, 0.29) is 5.91 Å². The fourth-order valence-electron chi connectivity index (χ4n) is 1.88. The molecule has 1 amide bonds. The number of hydrogen-bond donors (Lipinski definition) is 1. The molecule has 0 bridgehead atoms. The summed E-state index contributed by atoms with van der Waals surface area (Å²) in [4.78, 5) is 11.9. The minimum atomic E-state index is -0.00730. The lowest BCUT2D eigenvalue weighted by Crippen LogP contribution is -2.25. The second-order valence-electron chi connectivity index (χ2n) is 4.86. The van der Waals surface area contributed by atoms with Gasteiger partial charge in [0.1, 0.15) is 0 Å². The van der Waals surface area contributed by atoms with Gasteiger partial charge in [0.15, 0.2) is 0 Å². The summed E-state index contributed by atoms with van der Waals surface area (Å²) in [7, 11) is 0. The molecule has 0 aliphatic carbocycles. The van der Waals surface area contributed by atoms with E-state index in [1.54, 1.807) is 0 Å². The van der Waals surface area contributed by atoms with Gasteiger partial charge in [0.05, 0.1) is 0 Å². The molecular formula is C17H19NO. The number of carbonyl (C=O) groups excluding carboxylic acids is 1. The van der Waals surface area contributed by atoms with Crippen LogP contribution < -0.4 is 5.32 Å². The first-order chi connectivity index (χ1) is 9.15. The zero-order chi connectivity index (χ0) is 13.7. The van der Waals surface area contributed by atoms with Crippen LogP contribution in [0.1, 0.15) is 27.0 Å². The van der Waals surface area contributed by atoms with E-state index < -0.39 is 0 Å². The van der Waals surface area contributed by atoms with Gasteiger partial charge in [-0.1, -0.05) is 47.5 Å². The van der Waals surface area contributed by atoms with Gasteiger partial charge in [-0.05, 0) is 38.0 Å². The molecule has 0 aromatic heterocycles. The molecule has 0 aliphatic heterocycles. The van der Waals surface area contributed by atoms with Gasteiger partial charge in [-0.2, -0.15) is 0 Å². The smallest absolute Gasteiger partial charge is 0.251 e. The summed E-state index contributed by atoms with van der Waals surface area (Å²) in [5, 5.41) is 2.94. The molecular weight excluding hydrogens is 234 g/mol. The molecule has 2 nitrogen and oxygen atoms in total. The van der Waals surface area contributed by atoms with Gasteiger partial charge in [-0.3, -0.25) is 4.79 Å². The van der Waals surface area contributed by atoms with Crippen molar-refractivity contribution >= 4 is 5.91 Å². The van der Waals surface area contributed by atoms with E-state index in [0.717, 1.165) is 17.5 Å². The molecule has 0 saturated carbocycles. The van der Waals surface area contributed by atoms with Crippen LogP contribution >= 0.6 is 0 Å². The van der Waals surface area contributed by atoms with Crippen molar-refractivity contribution in [1.29, 1.82) is 0 Å². The van der Waals surface area contributed by atoms with Crippen LogP contribution in [0.2, 0.25) is 0 Å². The third-order valence-electron chi connectivity index (χ3n) is 3.13. The van der Waals surface area contributed by atoms with Gasteiger partial charge < -0.3 is 5.32 Å². The number of rotatable bonds is 4. The lowest BCUT2D eigenvalue weighted by molar-refractivity contribution is 0.0954. The average molecular weight is 253 g/mol. The monoisotopic (exact) mass is 253 g/mol. The van der Waals surface area contributed by atoms with Crippen molar-refractivity contribution in [3.05, 3.63) is 70.8 Å². The summed E-state index contributed by atoms with van der Waals surface area (Å²) in [6.45, 7) is 4.75. The maximum absolute atomic E-state index is 11.9. The summed E-state index contributed by atoms with van der Waals surface area (Å²) < 4.78 is 0. The van der Waals surface area contributed by atoms with Crippen molar-refractivity contribution < 1.29 is 4.79 Å². The van der Waals surface area contributed by atoms with Crippen molar-refractivity contribution in [3.63, 3.8) is 0 Å². The van der Waals surface area contributed by atoms with E-state index in [9.17, 15) is 4.79 Å². The highest BCUT2D eigenvalue weighted by molar-refractivity contribution is 5.94. The highest BCUT2D eigenvalue weighted by atomic mass is 16.1. The summed E-state index contributed by atoms with van der Waals surface area (Å²) >= 11 is 0. The van der Waals surface area contributed by atoms with E-state index in [0.29, 0.717) is 6.54 Å². The molecule has 0 radical (unpaired) electrons. The van der Waals surface area contributed by atoms with Crippen LogP contribution in [-0.2, 0) is 6.42 Å². The summed E-state index contributed by atoms with van der Waals surface area (Å²) in [6.07, 6.45) is 0.859. The lowest BCUT2D eigenvalue weighted by Gasteiger charge is -2.06. The number of hydrogen-bond acceptors (Lipinski definition) is 1. The molecule has 98 valence electrons. The van der Waals surface area contributed by atoms with Gasteiger partial charge in [0, 0.05) is 12.1 Å². The second kappa shape index (κ2) is 6.19. The molecule has 0 saturated heterocycles. The van der Waals surface area contributed by atoms with Gasteiger partial charge >= 0.3 is 0 Å². The normalized spacial score (nSPS) is 10.2. The molecule has 0 heterocycles. The minimum absolute atomic E-state index is 0.00730. The number of benzene rings is 2. The van der Waals surface area contributed by atoms with Crippen molar-refractivity contribution in [2.24, 2.45) is 0 Å². The van der Waals surface area contributed by atoms with Gasteiger partial charge in [0.2, 0.25) is 0 Å². The number of carbonyl (C=O) groups is 1. The predicted molar refractivity (Wildman–Crippen MR) is 78.4 cm³/mol. The Morgan fingerprint density at radius 3 is 2.00 bits per heavy atom. The predicted octanol–water partition coefficient (Wildman–Crippen LogP) is 3.28. The third kappa shape index (κ3) is 3.95. The van der Waals surface area contributed by atoms with Crippen molar-refractivity contribution in [2.45, 2.75) is 20.3 Å². The third-order valence-corrected chi connectivity index (χ3v) is 3.13. The summed E-state index contributed by atoms with van der Waals surface area (Å²) in [6, 6.07) is 16.0. The van der Waals surface area contributed by atoms with Crippen molar-refractivity contribution in [1.82, 2.24) is 5.32 Å². The average Bonchev–Trinajstić information content (AvgIpc) is 2.41. The van der Waals surface area contributed by atoms with Gasteiger partial charge in [-0.15, -0.1) is 0 Å². The first kappa shape index (κ1) is 13.3. The van der Waals surface area contributed by atoms with E-state index in [1.165, 1.54) is 11.1 Å². The molecule has 0 fully saturated rings. The molecule has 2 aromatic rings. The Labute approximate surface area is 114 Å². The van der Waals surface area contributed by atoms with E-state index in [1.807, 2.05) is 31.2 Å². The Balaban J connectivity index is 1.84. The zero-order valence-corrected chi connectivity index (χ0v) is 11.4. The quantitative estimate of drug-likeness (QED) is 0.890. The van der Waals surface area contributed by atoms with Crippen LogP contribution in [0.3, 0.4) is 0 Å². The highest BCUT2D eigenvalue weighted by Crippen LogP contribution is 2.05. The Hall–Kier alpha value is -2.09. The summed E-state index contributed by atoms with van der Waals surface area (Å²) in [5.41, 5.74) is 4.38. The molecule has 2 rings (SSSR count). The Morgan fingerprint density at radius 1 is 0.895 bits per heavy atom. The Kier molecular flexibility index (Phi) is 4.35. The highest BCUT2D eigenvalue weighted by Gasteiger charge is 2.03. The Bertz CT molecular complexity index is 540. The fraction of sp³-hybridized carbons (Fsp3) is 0.235. The molecule has 0 aliphatic rings. The van der Waals surface area contributed by atoms with Crippen molar-refractivity contribution in [3.8, 4) is 0 Å². The number of nitrogens with one attached hydrogen (secondary N) is 1. The SMILES string of the molecule is Cc1ccc(CCNC(=O)c2ccc(C)cc2)cc1. The summed E-state index contributed by atoms with van der Waals surface area (Å²) in [5.74, 6) is -0.00730. The number of aryl methyl sites for hydroxylation is 2. The fourth-order valence-corrected chi connectivity index (χ4v) is 1.88. The maximum Gasteiger partial charge on any atom is 0.251 e.